The van der Waals surface area contributed by atoms with Crippen molar-refractivity contribution in [2.45, 2.75) is 54.8 Å². The second-order valence-electron chi connectivity index (χ2n) is 10.4. The predicted octanol–water partition coefficient (Wildman–Crippen LogP) is 1.67. The van der Waals surface area contributed by atoms with E-state index in [0.29, 0.717) is 10.8 Å². The molecule has 0 bridgehead atoms. The highest BCUT2D eigenvalue weighted by Crippen LogP contribution is 2.62. The number of nitrogens with zero attached hydrogens (tertiary/aromatic N) is 1. The Bertz CT molecular complexity index is 1530. The van der Waals surface area contributed by atoms with Gasteiger partial charge in [0.15, 0.2) is 11.2 Å². The van der Waals surface area contributed by atoms with Crippen LogP contribution < -0.4 is 16.2 Å². The molecular formula is C24H31N3O11P2S. The molecule has 3 unspecified atom stereocenters. The summed E-state index contributed by atoms with van der Waals surface area (Å²) < 4.78 is 28.5. The second kappa shape index (κ2) is 10.4. The molecule has 2 aliphatic rings. The van der Waals surface area contributed by atoms with Crippen LogP contribution in [0.5, 0.6) is 5.75 Å². The van der Waals surface area contributed by atoms with Gasteiger partial charge in [-0.15, -0.1) is 11.8 Å². The number of rotatable bonds is 10. The number of β-lactam (4-membered cyclic amide) rings is 1. The number of aliphatic carboxylic acids is 1. The molecule has 4 rings (SSSR count). The molecule has 0 saturated carbocycles. The third-order valence-electron chi connectivity index (χ3n) is 7.64. The monoisotopic (exact) mass is 631 g/mol. The highest BCUT2D eigenvalue weighted by atomic mass is 32.2. The highest BCUT2D eigenvalue weighted by Gasteiger charge is 2.72. The van der Waals surface area contributed by atoms with Crippen LogP contribution in [0.3, 0.4) is 0 Å². The first kappa shape index (κ1) is 31.5. The van der Waals surface area contributed by atoms with E-state index >= 15 is 0 Å². The second-order valence-corrected chi connectivity index (χ2v) is 16.2. The van der Waals surface area contributed by atoms with E-state index in [1.165, 1.54) is 0 Å². The van der Waals surface area contributed by atoms with Gasteiger partial charge in [0.05, 0.1) is 22.3 Å². The molecule has 2 heterocycles. The summed E-state index contributed by atoms with van der Waals surface area (Å²) in [6.07, 6.45) is -1.07. The molecule has 0 aromatic heterocycles. The smallest absolute Gasteiger partial charge is 0.346 e. The number of nitrogens with two attached hydrogens (primary N) is 2. The van der Waals surface area contributed by atoms with Gasteiger partial charge in [-0.1, -0.05) is 24.3 Å². The molecule has 0 aliphatic carbocycles. The first-order chi connectivity index (χ1) is 18.8. The van der Waals surface area contributed by atoms with Crippen LogP contribution in [0.4, 0.5) is 5.69 Å². The van der Waals surface area contributed by atoms with Crippen molar-refractivity contribution in [3.05, 3.63) is 35.4 Å². The summed E-state index contributed by atoms with van der Waals surface area (Å²) in [5.74, 6) is -4.31. The maximum atomic E-state index is 14.2. The number of Topliss-reactive ketones (excluding diaryl/α,β-unsaturated/α-hetero) is 1. The fourth-order valence-corrected chi connectivity index (χ4v) is 9.71. The normalized spacial score (nSPS) is 23.9. The molecule has 41 heavy (non-hydrogen) atoms. The van der Waals surface area contributed by atoms with Crippen LogP contribution in [-0.2, 0) is 25.1 Å². The first-order valence-corrected chi connectivity index (χ1v) is 16.7. The van der Waals surface area contributed by atoms with Crippen molar-refractivity contribution < 1.29 is 52.9 Å². The Morgan fingerprint density at radius 2 is 1.68 bits per heavy atom. The number of ketones is 1. The largest absolute Gasteiger partial charge is 0.493 e. The summed E-state index contributed by atoms with van der Waals surface area (Å²) in [4.78, 5) is 79.1. The maximum Gasteiger partial charge on any atom is 0.346 e. The highest BCUT2D eigenvalue weighted by molar-refractivity contribution is 8.01. The molecule has 224 valence electrons. The summed E-state index contributed by atoms with van der Waals surface area (Å²) in [7, 11) is -10.5. The summed E-state index contributed by atoms with van der Waals surface area (Å²) in [5, 5.41) is 7.32. The van der Waals surface area contributed by atoms with Gasteiger partial charge in [0, 0.05) is 16.6 Å². The molecule has 14 nitrogen and oxygen atoms in total. The number of fused-ring (bicyclic) bond motifs is 2. The van der Waals surface area contributed by atoms with E-state index in [9.17, 15) is 48.2 Å². The van der Waals surface area contributed by atoms with Gasteiger partial charge < -0.3 is 35.2 Å². The Morgan fingerprint density at radius 1 is 1.12 bits per heavy atom. The molecule has 2 aromatic rings. The van der Waals surface area contributed by atoms with E-state index in [-0.39, 0.29) is 35.6 Å². The van der Waals surface area contributed by atoms with Crippen molar-refractivity contribution in [2.24, 2.45) is 11.7 Å². The lowest BCUT2D eigenvalue weighted by Crippen LogP contribution is -2.75. The number of amides is 1. The van der Waals surface area contributed by atoms with E-state index < -0.39 is 66.4 Å². The molecule has 2 fully saturated rings. The molecule has 2 saturated heterocycles. The van der Waals surface area contributed by atoms with Crippen LogP contribution in [0, 0.1) is 5.92 Å². The standard InChI is InChI=1S/C24H31N3O11P2S/c1-4-38-19-13(9-10-14(39(32,33)34)40(35,36)37)17(25)12-8-6-5-7-11(12)15(19)18(28)16-20(29)27-21(16)41-23(2,3)24(27,26)22(30)31/h5-8,14,16,21H,4,9-10,25-26H2,1-3H3,(H,30,31)(H2,32,33,34)(H2,35,36,37). The zero-order valence-corrected chi connectivity index (χ0v) is 24.9. The van der Waals surface area contributed by atoms with Gasteiger partial charge in [-0.2, -0.15) is 0 Å². The molecule has 17 heteroatoms. The Labute approximate surface area is 238 Å². The first-order valence-electron chi connectivity index (χ1n) is 12.4. The average molecular weight is 632 g/mol. The van der Waals surface area contributed by atoms with E-state index in [2.05, 4.69) is 0 Å². The van der Waals surface area contributed by atoms with Gasteiger partial charge in [0.1, 0.15) is 11.7 Å². The molecule has 3 atom stereocenters. The van der Waals surface area contributed by atoms with E-state index in [1.807, 2.05) is 0 Å². The topological polar surface area (TPSA) is 251 Å². The Morgan fingerprint density at radius 3 is 2.20 bits per heavy atom. The number of hydrogen-bond donors (Lipinski definition) is 7. The molecule has 0 spiro atoms. The SMILES string of the molecule is CCOc1c(CCC(P(=O)(O)O)P(=O)(O)O)c(N)c2ccccc2c1C(=O)C1C(=O)N2C1SC(C)(C)C2(N)C(=O)O. The van der Waals surface area contributed by atoms with Crippen LogP contribution in [-0.4, -0.2) is 75.0 Å². The zero-order chi connectivity index (χ0) is 30.9. The number of carbonyl (C=O) groups excluding carboxylic acids is 2. The number of carbonyl (C=O) groups is 3. The number of thioether (sulfide) groups is 1. The third-order valence-corrected chi connectivity index (χ3v) is 13.1. The Kier molecular flexibility index (Phi) is 7.94. The summed E-state index contributed by atoms with van der Waals surface area (Å²) in [6, 6.07) is 6.42. The van der Waals surface area contributed by atoms with Gasteiger partial charge >= 0.3 is 21.2 Å². The molecule has 2 aliphatic heterocycles. The lowest BCUT2D eigenvalue weighted by Gasteiger charge is -2.47. The van der Waals surface area contributed by atoms with Gasteiger partial charge in [0.25, 0.3) is 0 Å². The van der Waals surface area contributed by atoms with Crippen molar-refractivity contribution in [2.75, 3.05) is 12.3 Å². The maximum absolute atomic E-state index is 14.2. The average Bonchev–Trinajstić information content (AvgIpc) is 3.02. The Balaban J connectivity index is 1.86. The van der Waals surface area contributed by atoms with Crippen molar-refractivity contribution >= 4 is 61.1 Å². The summed E-state index contributed by atoms with van der Waals surface area (Å²) in [5.41, 5.74) is 10.7. The van der Waals surface area contributed by atoms with Crippen LogP contribution in [0.1, 0.15) is 43.1 Å². The number of benzene rings is 2. The fourth-order valence-electron chi connectivity index (χ4n) is 5.50. The number of anilines is 1. The quantitative estimate of drug-likeness (QED) is 0.0648. The predicted molar refractivity (Wildman–Crippen MR) is 150 cm³/mol. The van der Waals surface area contributed by atoms with E-state index in [4.69, 9.17) is 16.2 Å². The number of nitrogen functional groups attached to an aromatic ring is 1. The lowest BCUT2D eigenvalue weighted by molar-refractivity contribution is -0.171. The van der Waals surface area contributed by atoms with Gasteiger partial charge in [-0.05, 0) is 39.0 Å². The van der Waals surface area contributed by atoms with Crippen LogP contribution in [0.15, 0.2) is 24.3 Å². The van der Waals surface area contributed by atoms with Crippen molar-refractivity contribution in [3.8, 4) is 5.75 Å². The van der Waals surface area contributed by atoms with Crippen molar-refractivity contribution in [3.63, 3.8) is 0 Å². The molecule has 0 radical (unpaired) electrons. The molecule has 9 N–H and O–H groups in total. The number of ether oxygens (including phenoxy) is 1. The van der Waals surface area contributed by atoms with E-state index in [0.717, 1.165) is 16.7 Å². The minimum Gasteiger partial charge on any atom is -0.493 e. The van der Waals surface area contributed by atoms with Gasteiger partial charge in [-0.3, -0.25) is 29.4 Å². The third kappa shape index (κ3) is 4.88. The van der Waals surface area contributed by atoms with E-state index in [1.54, 1.807) is 45.0 Å². The number of hydrogen-bond acceptors (Lipinski definition) is 9. The van der Waals surface area contributed by atoms with Gasteiger partial charge in [-0.25, -0.2) is 4.79 Å². The van der Waals surface area contributed by atoms with Gasteiger partial charge in [0.2, 0.25) is 11.6 Å². The number of carboxylic acids is 1. The van der Waals surface area contributed by atoms with Crippen molar-refractivity contribution in [1.29, 1.82) is 0 Å². The molecular weight excluding hydrogens is 600 g/mol. The zero-order valence-electron chi connectivity index (χ0n) is 22.3. The minimum atomic E-state index is -5.25. The summed E-state index contributed by atoms with van der Waals surface area (Å²) >= 11 is 1.08. The molecule has 1 amide bonds. The minimum absolute atomic E-state index is 0.00630. The number of carboxylic acid groups (broad SMARTS) is 1. The Hall–Kier alpha value is -2.48. The fraction of sp³-hybridized carbons (Fsp3) is 0.458. The lowest BCUT2D eigenvalue weighted by atomic mass is 9.81. The van der Waals surface area contributed by atoms with Crippen LogP contribution in [0.2, 0.25) is 0 Å². The van der Waals surface area contributed by atoms with Crippen LogP contribution in [0.25, 0.3) is 10.8 Å². The van der Waals surface area contributed by atoms with Crippen molar-refractivity contribution in [1.82, 2.24) is 4.90 Å². The molecule has 2 aromatic carbocycles. The summed E-state index contributed by atoms with van der Waals surface area (Å²) in [6.45, 7) is 4.75. The van der Waals surface area contributed by atoms with Crippen LogP contribution >= 0.6 is 27.0 Å².